The SMILES string of the molecule is Cc1c(F)cccc1C1NCCc2cc3c(cc21)OCO3. The summed E-state index contributed by atoms with van der Waals surface area (Å²) in [5.41, 5.74) is 4.07. The summed E-state index contributed by atoms with van der Waals surface area (Å²) < 4.78 is 24.8. The van der Waals surface area contributed by atoms with Gasteiger partial charge >= 0.3 is 0 Å². The molecule has 2 aromatic rings. The van der Waals surface area contributed by atoms with Crippen molar-refractivity contribution in [3.05, 3.63) is 58.4 Å². The minimum Gasteiger partial charge on any atom is -0.454 e. The van der Waals surface area contributed by atoms with E-state index in [4.69, 9.17) is 9.47 Å². The van der Waals surface area contributed by atoms with Gasteiger partial charge < -0.3 is 14.8 Å². The molecule has 2 aliphatic heterocycles. The number of halogens is 1. The third-order valence-corrected chi connectivity index (χ3v) is 4.31. The highest BCUT2D eigenvalue weighted by atomic mass is 19.1. The Morgan fingerprint density at radius 1 is 1.14 bits per heavy atom. The van der Waals surface area contributed by atoms with Crippen LogP contribution in [0.25, 0.3) is 0 Å². The average molecular weight is 285 g/mol. The van der Waals surface area contributed by atoms with Crippen LogP contribution in [0.4, 0.5) is 4.39 Å². The van der Waals surface area contributed by atoms with E-state index in [2.05, 4.69) is 11.4 Å². The van der Waals surface area contributed by atoms with Crippen LogP contribution in [-0.4, -0.2) is 13.3 Å². The van der Waals surface area contributed by atoms with E-state index in [1.54, 1.807) is 6.07 Å². The van der Waals surface area contributed by atoms with Crippen LogP contribution in [0.5, 0.6) is 11.5 Å². The van der Waals surface area contributed by atoms with Crippen LogP contribution in [0.3, 0.4) is 0 Å². The van der Waals surface area contributed by atoms with Crippen LogP contribution < -0.4 is 14.8 Å². The van der Waals surface area contributed by atoms with E-state index in [1.165, 1.54) is 11.6 Å². The molecule has 21 heavy (non-hydrogen) atoms. The molecule has 0 amide bonds. The molecule has 0 radical (unpaired) electrons. The second-order valence-corrected chi connectivity index (χ2v) is 5.50. The topological polar surface area (TPSA) is 30.5 Å². The predicted molar refractivity (Wildman–Crippen MR) is 77.3 cm³/mol. The van der Waals surface area contributed by atoms with E-state index in [-0.39, 0.29) is 18.7 Å². The zero-order chi connectivity index (χ0) is 14.4. The third kappa shape index (κ3) is 1.98. The smallest absolute Gasteiger partial charge is 0.231 e. The fourth-order valence-electron chi connectivity index (χ4n) is 3.16. The van der Waals surface area contributed by atoms with Gasteiger partial charge in [-0.3, -0.25) is 0 Å². The van der Waals surface area contributed by atoms with Gasteiger partial charge in [-0.1, -0.05) is 12.1 Å². The lowest BCUT2D eigenvalue weighted by atomic mass is 9.87. The molecule has 0 aliphatic carbocycles. The maximum Gasteiger partial charge on any atom is 0.231 e. The van der Waals surface area contributed by atoms with Crippen molar-refractivity contribution in [2.75, 3.05) is 13.3 Å². The molecular weight excluding hydrogens is 269 g/mol. The molecule has 3 nitrogen and oxygen atoms in total. The van der Waals surface area contributed by atoms with Crippen molar-refractivity contribution in [2.45, 2.75) is 19.4 Å². The molecule has 0 bridgehead atoms. The molecule has 2 aromatic carbocycles. The van der Waals surface area contributed by atoms with E-state index in [0.29, 0.717) is 5.56 Å². The monoisotopic (exact) mass is 285 g/mol. The van der Waals surface area contributed by atoms with E-state index < -0.39 is 0 Å². The van der Waals surface area contributed by atoms with Crippen molar-refractivity contribution >= 4 is 0 Å². The average Bonchev–Trinajstić information content (AvgIpc) is 2.94. The van der Waals surface area contributed by atoms with E-state index in [9.17, 15) is 4.39 Å². The fourth-order valence-corrected chi connectivity index (χ4v) is 3.16. The molecule has 0 saturated carbocycles. The van der Waals surface area contributed by atoms with Gasteiger partial charge in [0, 0.05) is 6.54 Å². The summed E-state index contributed by atoms with van der Waals surface area (Å²) in [5, 5.41) is 3.49. The van der Waals surface area contributed by atoms with Crippen LogP contribution in [0.15, 0.2) is 30.3 Å². The number of hydrogen-bond donors (Lipinski definition) is 1. The Bertz CT molecular complexity index is 714. The molecule has 1 N–H and O–H groups in total. The number of benzene rings is 2. The highest BCUT2D eigenvalue weighted by Crippen LogP contribution is 2.40. The highest BCUT2D eigenvalue weighted by Gasteiger charge is 2.27. The lowest BCUT2D eigenvalue weighted by Gasteiger charge is -2.28. The molecule has 0 aromatic heterocycles. The maximum absolute atomic E-state index is 13.9. The Hall–Kier alpha value is -2.07. The van der Waals surface area contributed by atoms with Gasteiger partial charge in [0.1, 0.15) is 5.82 Å². The van der Waals surface area contributed by atoms with Crippen LogP contribution in [0.2, 0.25) is 0 Å². The van der Waals surface area contributed by atoms with Gasteiger partial charge in [-0.2, -0.15) is 0 Å². The number of fused-ring (bicyclic) bond motifs is 2. The minimum absolute atomic E-state index is 0.000972. The van der Waals surface area contributed by atoms with Gasteiger partial charge in [-0.25, -0.2) is 4.39 Å². The van der Waals surface area contributed by atoms with E-state index in [1.807, 2.05) is 19.1 Å². The van der Waals surface area contributed by atoms with Crippen LogP contribution in [-0.2, 0) is 6.42 Å². The molecule has 1 atom stereocenters. The summed E-state index contributed by atoms with van der Waals surface area (Å²) >= 11 is 0. The van der Waals surface area contributed by atoms with Gasteiger partial charge in [0.25, 0.3) is 0 Å². The number of hydrogen-bond acceptors (Lipinski definition) is 3. The first-order chi connectivity index (χ1) is 10.2. The third-order valence-electron chi connectivity index (χ3n) is 4.31. The molecule has 108 valence electrons. The lowest BCUT2D eigenvalue weighted by molar-refractivity contribution is 0.174. The van der Waals surface area contributed by atoms with Gasteiger partial charge in [0.15, 0.2) is 11.5 Å². The summed E-state index contributed by atoms with van der Waals surface area (Å²) in [4.78, 5) is 0. The molecule has 0 spiro atoms. The number of rotatable bonds is 1. The quantitative estimate of drug-likeness (QED) is 0.873. The molecule has 1 unspecified atom stereocenters. The molecule has 4 rings (SSSR count). The van der Waals surface area contributed by atoms with Crippen molar-refractivity contribution in [1.29, 1.82) is 0 Å². The van der Waals surface area contributed by atoms with Crippen molar-refractivity contribution in [2.24, 2.45) is 0 Å². The Morgan fingerprint density at radius 2 is 1.95 bits per heavy atom. The van der Waals surface area contributed by atoms with Gasteiger partial charge in [0.05, 0.1) is 6.04 Å². The normalized spacial score (nSPS) is 19.4. The lowest BCUT2D eigenvalue weighted by Crippen LogP contribution is -2.31. The molecule has 0 fully saturated rings. The largest absolute Gasteiger partial charge is 0.454 e. The first-order valence-corrected chi connectivity index (χ1v) is 7.15. The van der Waals surface area contributed by atoms with Gasteiger partial charge in [-0.05, 0) is 53.8 Å². The molecule has 4 heteroatoms. The number of ether oxygens (including phenoxy) is 2. The van der Waals surface area contributed by atoms with E-state index in [0.717, 1.165) is 35.6 Å². The zero-order valence-corrected chi connectivity index (χ0v) is 11.8. The molecule has 0 saturated heterocycles. The van der Waals surface area contributed by atoms with Gasteiger partial charge in [0.2, 0.25) is 6.79 Å². The first-order valence-electron chi connectivity index (χ1n) is 7.15. The second kappa shape index (κ2) is 4.74. The molecule has 2 aliphatic rings. The fraction of sp³-hybridized carbons (Fsp3) is 0.294. The van der Waals surface area contributed by atoms with Crippen molar-refractivity contribution in [1.82, 2.24) is 5.32 Å². The van der Waals surface area contributed by atoms with Crippen LogP contribution in [0.1, 0.15) is 28.3 Å². The molecule has 2 heterocycles. The second-order valence-electron chi connectivity index (χ2n) is 5.50. The first kappa shape index (κ1) is 12.7. The predicted octanol–water partition coefficient (Wildman–Crippen LogP) is 3.10. The summed E-state index contributed by atoms with van der Waals surface area (Å²) in [5.74, 6) is 1.42. The standard InChI is InChI=1S/C17H16FNO2/c1-10-12(3-2-4-14(10)18)17-13-8-16-15(20-9-21-16)7-11(13)5-6-19-17/h2-4,7-8,17,19H,5-6,9H2,1H3. The van der Waals surface area contributed by atoms with Crippen molar-refractivity contribution in [3.63, 3.8) is 0 Å². The molecular formula is C17H16FNO2. The van der Waals surface area contributed by atoms with Crippen molar-refractivity contribution < 1.29 is 13.9 Å². The highest BCUT2D eigenvalue weighted by molar-refractivity contribution is 5.53. The summed E-state index contributed by atoms with van der Waals surface area (Å²) in [6.45, 7) is 2.97. The van der Waals surface area contributed by atoms with Crippen molar-refractivity contribution in [3.8, 4) is 11.5 Å². The maximum atomic E-state index is 13.9. The Morgan fingerprint density at radius 3 is 2.81 bits per heavy atom. The van der Waals surface area contributed by atoms with Gasteiger partial charge in [-0.15, -0.1) is 0 Å². The van der Waals surface area contributed by atoms with Crippen LogP contribution >= 0.6 is 0 Å². The summed E-state index contributed by atoms with van der Waals surface area (Å²) in [6.07, 6.45) is 0.941. The zero-order valence-electron chi connectivity index (χ0n) is 11.8. The van der Waals surface area contributed by atoms with Crippen LogP contribution in [0, 0.1) is 12.7 Å². The Labute approximate surface area is 122 Å². The summed E-state index contributed by atoms with van der Waals surface area (Å²) in [7, 11) is 0. The van der Waals surface area contributed by atoms with E-state index >= 15 is 0 Å². The Kier molecular flexibility index (Phi) is 2.86. The minimum atomic E-state index is -0.165. The summed E-state index contributed by atoms with van der Waals surface area (Å²) in [6, 6.07) is 9.33. The number of nitrogens with one attached hydrogen (secondary N) is 1. The Balaban J connectivity index is 1.85.